The highest BCUT2D eigenvalue weighted by Gasteiger charge is 2.00. The van der Waals surface area contributed by atoms with Gasteiger partial charge in [0.15, 0.2) is 5.11 Å². The minimum atomic E-state index is 0.325. The Balaban J connectivity index is 3.67. The van der Waals surface area contributed by atoms with Gasteiger partial charge in [-0.05, 0) is 31.4 Å². The van der Waals surface area contributed by atoms with Crippen LogP contribution in [0.25, 0.3) is 0 Å². The highest BCUT2D eigenvalue weighted by molar-refractivity contribution is 7.81. The summed E-state index contributed by atoms with van der Waals surface area (Å²) in [5.41, 5.74) is 0. The van der Waals surface area contributed by atoms with Crippen LogP contribution in [0.15, 0.2) is 0 Å². The molecule has 0 atom stereocenters. The lowest BCUT2D eigenvalue weighted by Crippen LogP contribution is -2.38. The van der Waals surface area contributed by atoms with E-state index >= 15 is 0 Å². The van der Waals surface area contributed by atoms with E-state index in [0.29, 0.717) is 16.9 Å². The molecule has 0 fully saturated rings. The highest BCUT2D eigenvalue weighted by Crippen LogP contribution is 1.82. The third-order valence-corrected chi connectivity index (χ3v) is 1.58. The molecular formula is C6H12N2OS2. The number of rotatable bonds is 1. The van der Waals surface area contributed by atoms with E-state index in [1.54, 1.807) is 4.90 Å². The van der Waals surface area contributed by atoms with Crippen molar-refractivity contribution in [3.05, 3.63) is 0 Å². The molecule has 0 aromatic carbocycles. The Morgan fingerprint density at radius 1 is 1.45 bits per heavy atom. The van der Waals surface area contributed by atoms with Gasteiger partial charge in [-0.1, -0.05) is 0 Å². The first-order chi connectivity index (χ1) is 5.07. The molecule has 0 bridgehead atoms. The molecule has 0 aliphatic carbocycles. The van der Waals surface area contributed by atoms with E-state index in [1.165, 1.54) is 0 Å². The first kappa shape index (κ1) is 10.6. The molecule has 0 aliphatic heterocycles. The highest BCUT2D eigenvalue weighted by atomic mass is 32.1. The summed E-state index contributed by atoms with van der Waals surface area (Å²) in [6.45, 7) is 2.43. The number of hydrogen-bond acceptors (Lipinski definition) is 3. The maximum absolute atomic E-state index is 4.97. The quantitative estimate of drug-likeness (QED) is 0.618. The number of nitrogens with one attached hydrogen (secondary N) is 1. The Hall–Kier alpha value is -0.420. The molecular weight excluding hydrogens is 180 g/mol. The van der Waals surface area contributed by atoms with Gasteiger partial charge in [0.05, 0.1) is 6.61 Å². The van der Waals surface area contributed by atoms with Gasteiger partial charge in [-0.3, -0.25) is 5.32 Å². The zero-order valence-corrected chi connectivity index (χ0v) is 8.51. The molecule has 0 rings (SSSR count). The van der Waals surface area contributed by atoms with Crippen molar-refractivity contribution >= 4 is 34.7 Å². The van der Waals surface area contributed by atoms with Gasteiger partial charge in [0.25, 0.3) is 5.17 Å². The predicted molar refractivity (Wildman–Crippen MR) is 53.6 cm³/mol. The monoisotopic (exact) mass is 192 g/mol. The topological polar surface area (TPSA) is 24.5 Å². The first-order valence-electron chi connectivity index (χ1n) is 3.23. The Morgan fingerprint density at radius 2 is 2.00 bits per heavy atom. The van der Waals surface area contributed by atoms with Crippen LogP contribution in [0, 0.1) is 0 Å². The van der Waals surface area contributed by atoms with Crippen molar-refractivity contribution in [3.8, 4) is 0 Å². The Labute approximate surface area is 77.7 Å². The lowest BCUT2D eigenvalue weighted by molar-refractivity contribution is 0.325. The van der Waals surface area contributed by atoms with Crippen LogP contribution in [-0.4, -0.2) is 35.9 Å². The molecule has 0 aliphatic rings. The summed E-state index contributed by atoms with van der Waals surface area (Å²) in [5, 5.41) is 3.63. The van der Waals surface area contributed by atoms with Crippen LogP contribution in [-0.2, 0) is 4.74 Å². The van der Waals surface area contributed by atoms with Crippen LogP contribution in [0.5, 0.6) is 0 Å². The van der Waals surface area contributed by atoms with Crippen molar-refractivity contribution in [2.45, 2.75) is 6.92 Å². The van der Waals surface area contributed by atoms with E-state index in [1.807, 2.05) is 21.0 Å². The Bertz CT molecular complexity index is 159. The molecule has 0 spiro atoms. The minimum Gasteiger partial charge on any atom is -0.471 e. The van der Waals surface area contributed by atoms with Crippen molar-refractivity contribution < 1.29 is 4.74 Å². The fraction of sp³-hybridized carbons (Fsp3) is 0.667. The summed E-state index contributed by atoms with van der Waals surface area (Å²) < 4.78 is 4.97. The van der Waals surface area contributed by atoms with E-state index in [0.717, 1.165) is 0 Å². The summed E-state index contributed by atoms with van der Waals surface area (Å²) in [6.07, 6.45) is 0. The SMILES string of the molecule is CCOC(=S)NC(=S)N(C)C. The van der Waals surface area contributed by atoms with E-state index < -0.39 is 0 Å². The molecule has 5 heteroatoms. The average molecular weight is 192 g/mol. The normalized spacial score (nSPS) is 8.64. The predicted octanol–water partition coefficient (Wildman–Crippen LogP) is 0.744. The number of nitrogens with zero attached hydrogens (tertiary/aromatic N) is 1. The summed E-state index contributed by atoms with van der Waals surface area (Å²) in [4.78, 5) is 1.75. The van der Waals surface area contributed by atoms with Crippen LogP contribution < -0.4 is 5.32 Å². The second-order valence-electron chi connectivity index (χ2n) is 2.05. The van der Waals surface area contributed by atoms with Gasteiger partial charge in [-0.25, -0.2) is 0 Å². The molecule has 1 N–H and O–H groups in total. The number of ether oxygens (including phenoxy) is 1. The molecule has 0 aromatic rings. The number of hydrogen-bond donors (Lipinski definition) is 1. The standard InChI is InChI=1S/C6H12N2OS2/c1-4-9-6(11)7-5(10)8(2)3/h4H2,1-3H3,(H,7,10,11). The van der Waals surface area contributed by atoms with Crippen LogP contribution >= 0.6 is 24.4 Å². The molecule has 0 saturated carbocycles. The van der Waals surface area contributed by atoms with E-state index in [2.05, 4.69) is 5.32 Å². The van der Waals surface area contributed by atoms with Gasteiger partial charge in [0.2, 0.25) is 0 Å². The number of thiocarbonyl (C=S) groups is 2. The summed E-state index contributed by atoms with van der Waals surface area (Å²) in [5.74, 6) is 0. The lowest BCUT2D eigenvalue weighted by Gasteiger charge is -2.15. The van der Waals surface area contributed by atoms with Gasteiger partial charge < -0.3 is 9.64 Å². The van der Waals surface area contributed by atoms with Crippen molar-refractivity contribution in [1.29, 1.82) is 0 Å². The van der Waals surface area contributed by atoms with Crippen LogP contribution in [0.2, 0.25) is 0 Å². The zero-order valence-electron chi connectivity index (χ0n) is 6.88. The van der Waals surface area contributed by atoms with Crippen LogP contribution in [0.3, 0.4) is 0 Å². The molecule has 0 radical (unpaired) electrons. The van der Waals surface area contributed by atoms with E-state index in [4.69, 9.17) is 29.2 Å². The molecule has 0 heterocycles. The van der Waals surface area contributed by atoms with Gasteiger partial charge in [0, 0.05) is 14.1 Å². The second-order valence-corrected chi connectivity index (χ2v) is 2.80. The molecule has 11 heavy (non-hydrogen) atoms. The smallest absolute Gasteiger partial charge is 0.262 e. The summed E-state index contributed by atoms with van der Waals surface area (Å²) >= 11 is 9.72. The van der Waals surface area contributed by atoms with Crippen molar-refractivity contribution in [2.75, 3.05) is 20.7 Å². The molecule has 3 nitrogen and oxygen atoms in total. The molecule has 0 amide bonds. The third kappa shape index (κ3) is 4.92. The Kier molecular flexibility index (Phi) is 5.06. The molecule has 0 aromatic heterocycles. The average Bonchev–Trinajstić information content (AvgIpc) is 1.87. The van der Waals surface area contributed by atoms with Crippen molar-refractivity contribution in [2.24, 2.45) is 0 Å². The fourth-order valence-electron chi connectivity index (χ4n) is 0.366. The van der Waals surface area contributed by atoms with Crippen molar-refractivity contribution in [1.82, 2.24) is 10.2 Å². The zero-order chi connectivity index (χ0) is 8.85. The maximum Gasteiger partial charge on any atom is 0.262 e. The van der Waals surface area contributed by atoms with Gasteiger partial charge in [-0.15, -0.1) is 0 Å². The van der Waals surface area contributed by atoms with E-state index in [9.17, 15) is 0 Å². The van der Waals surface area contributed by atoms with E-state index in [-0.39, 0.29) is 0 Å². The molecule has 64 valence electrons. The molecule has 0 unspecified atom stereocenters. The minimum absolute atomic E-state index is 0.325. The van der Waals surface area contributed by atoms with Crippen molar-refractivity contribution in [3.63, 3.8) is 0 Å². The third-order valence-electron chi connectivity index (χ3n) is 0.891. The Morgan fingerprint density at radius 3 is 2.36 bits per heavy atom. The fourth-order valence-corrected chi connectivity index (χ4v) is 0.738. The van der Waals surface area contributed by atoms with Gasteiger partial charge in [0.1, 0.15) is 0 Å². The molecule has 0 saturated heterocycles. The van der Waals surface area contributed by atoms with Crippen LogP contribution in [0.1, 0.15) is 6.92 Å². The second kappa shape index (κ2) is 5.26. The summed E-state index contributed by atoms with van der Waals surface area (Å²) in [7, 11) is 3.67. The van der Waals surface area contributed by atoms with Gasteiger partial charge >= 0.3 is 0 Å². The lowest BCUT2D eigenvalue weighted by atomic mass is 10.8. The van der Waals surface area contributed by atoms with Gasteiger partial charge in [-0.2, -0.15) is 0 Å². The maximum atomic E-state index is 4.97. The van der Waals surface area contributed by atoms with Crippen LogP contribution in [0.4, 0.5) is 0 Å². The first-order valence-corrected chi connectivity index (χ1v) is 4.04. The largest absolute Gasteiger partial charge is 0.471 e. The summed E-state index contributed by atoms with van der Waals surface area (Å²) in [6, 6.07) is 0.